The second kappa shape index (κ2) is 11.6. The maximum Gasteiger partial charge on any atom is 0.435 e. The molecule has 2 aromatic heterocycles. The fourth-order valence-corrected chi connectivity index (χ4v) is 4.34. The number of hydrogen-bond acceptors (Lipinski definition) is 7. The van der Waals surface area contributed by atoms with Gasteiger partial charge in [-0.1, -0.05) is 13.8 Å². The number of hydrogen-bond donors (Lipinski definition) is 1. The maximum absolute atomic E-state index is 12.6. The van der Waals surface area contributed by atoms with Crippen molar-refractivity contribution in [3.63, 3.8) is 0 Å². The van der Waals surface area contributed by atoms with Gasteiger partial charge < -0.3 is 9.84 Å². The topological polar surface area (TPSA) is 89.4 Å². The van der Waals surface area contributed by atoms with Gasteiger partial charge in [-0.25, -0.2) is 19.6 Å². The second-order valence-corrected chi connectivity index (χ2v) is 8.26. The first-order chi connectivity index (χ1) is 14.8. The van der Waals surface area contributed by atoms with Crippen molar-refractivity contribution in [2.24, 2.45) is 0 Å². The Labute approximate surface area is 187 Å². The number of aromatic carboxylic acids is 1. The average Bonchev–Trinajstić information content (AvgIpc) is 3.27. The molecule has 0 unspecified atom stereocenters. The number of thiazole rings is 2. The molecule has 1 N–H and O–H groups in total. The number of aryl methyl sites for hydroxylation is 2. The van der Waals surface area contributed by atoms with E-state index < -0.39 is 45.4 Å². The summed E-state index contributed by atoms with van der Waals surface area (Å²) in [7, 11) is 0. The number of nitrogens with zero attached hydrogens (tertiary/aromatic N) is 2. The highest BCUT2D eigenvalue weighted by Crippen LogP contribution is 2.36. The lowest BCUT2D eigenvalue weighted by Crippen LogP contribution is -2.13. The number of aromatic nitrogens is 2. The average molecular weight is 506 g/mol. The molecule has 0 aliphatic carbocycles. The lowest BCUT2D eigenvalue weighted by molar-refractivity contribution is -0.142. The molecule has 0 aliphatic heterocycles. The molecular weight excluding hydrogens is 486 g/mol. The molecule has 0 radical (unpaired) electrons. The fourth-order valence-electron chi connectivity index (χ4n) is 2.23. The first-order valence-electron chi connectivity index (χ1n) is 9.30. The van der Waals surface area contributed by atoms with E-state index in [0.717, 1.165) is 11.3 Å². The predicted molar refractivity (Wildman–Crippen MR) is 105 cm³/mol. The summed E-state index contributed by atoms with van der Waals surface area (Å²) in [6.07, 6.45) is -7.23. The van der Waals surface area contributed by atoms with E-state index in [1.54, 1.807) is 13.8 Å². The third-order valence-corrected chi connectivity index (χ3v) is 5.66. The Morgan fingerprint density at radius 1 is 0.844 bits per heavy atom. The summed E-state index contributed by atoms with van der Waals surface area (Å²) in [4.78, 5) is 27.5. The summed E-state index contributed by atoms with van der Waals surface area (Å²) in [6, 6.07) is 0. The van der Waals surface area contributed by atoms with Gasteiger partial charge in [0.1, 0.15) is 9.75 Å². The molecular formula is C18H20F6N2O4S2. The van der Waals surface area contributed by atoms with Crippen LogP contribution in [-0.4, -0.2) is 33.6 Å². The van der Waals surface area contributed by atoms with Crippen molar-refractivity contribution in [3.8, 4) is 0 Å². The van der Waals surface area contributed by atoms with Crippen LogP contribution in [0.4, 0.5) is 26.3 Å². The molecule has 6 nitrogen and oxygen atoms in total. The normalized spacial score (nSPS) is 11.7. The molecule has 32 heavy (non-hydrogen) atoms. The SMILES string of the molecule is CCCc1nc(C(F)(F)F)c(C(=O)O)s1.CCCc1nc(C(F)(F)F)c(C(=O)OCC)s1. The van der Waals surface area contributed by atoms with Crippen LogP contribution in [0.25, 0.3) is 0 Å². The monoisotopic (exact) mass is 506 g/mol. The molecule has 2 rings (SSSR count). The van der Waals surface area contributed by atoms with Crippen LogP contribution in [-0.2, 0) is 29.9 Å². The van der Waals surface area contributed by atoms with Crippen LogP contribution in [0, 0.1) is 0 Å². The second-order valence-electron chi connectivity index (χ2n) is 6.09. The molecule has 0 aromatic carbocycles. The lowest BCUT2D eigenvalue weighted by Gasteiger charge is -2.05. The molecule has 0 bridgehead atoms. The highest BCUT2D eigenvalue weighted by Gasteiger charge is 2.40. The van der Waals surface area contributed by atoms with Crippen LogP contribution in [0.15, 0.2) is 0 Å². The number of halogens is 6. The quantitative estimate of drug-likeness (QED) is 0.360. The van der Waals surface area contributed by atoms with Gasteiger partial charge in [0.05, 0.1) is 16.6 Å². The van der Waals surface area contributed by atoms with Gasteiger partial charge in [-0.15, -0.1) is 22.7 Å². The maximum atomic E-state index is 12.6. The predicted octanol–water partition coefficient (Wildman–Crippen LogP) is 6.10. The Balaban J connectivity index is 0.000000323. The van der Waals surface area contributed by atoms with Gasteiger partial charge in [0.25, 0.3) is 0 Å². The molecule has 180 valence electrons. The van der Waals surface area contributed by atoms with E-state index in [4.69, 9.17) is 5.11 Å². The largest absolute Gasteiger partial charge is 0.477 e. The Bertz CT molecular complexity index is 922. The summed E-state index contributed by atoms with van der Waals surface area (Å²) in [6.45, 7) is 5.20. The summed E-state index contributed by atoms with van der Waals surface area (Å²) < 4.78 is 79.5. The van der Waals surface area contributed by atoms with Crippen LogP contribution in [0.2, 0.25) is 0 Å². The van der Waals surface area contributed by atoms with Gasteiger partial charge in [0.15, 0.2) is 11.4 Å². The van der Waals surface area contributed by atoms with Crippen molar-refractivity contribution in [1.29, 1.82) is 0 Å². The molecule has 0 aliphatic rings. The van der Waals surface area contributed by atoms with Crippen molar-refractivity contribution in [2.45, 2.75) is 58.8 Å². The van der Waals surface area contributed by atoms with Gasteiger partial charge in [-0.3, -0.25) is 0 Å². The number of carbonyl (C=O) groups excluding carboxylic acids is 1. The molecule has 0 spiro atoms. The van der Waals surface area contributed by atoms with E-state index in [1.165, 1.54) is 0 Å². The molecule has 2 heterocycles. The van der Waals surface area contributed by atoms with Crippen molar-refractivity contribution in [3.05, 3.63) is 31.2 Å². The Morgan fingerprint density at radius 3 is 1.56 bits per heavy atom. The first-order valence-corrected chi connectivity index (χ1v) is 10.9. The summed E-state index contributed by atoms with van der Waals surface area (Å²) in [5, 5.41) is 9.10. The highest BCUT2D eigenvalue weighted by atomic mass is 32.1. The third kappa shape index (κ3) is 7.73. The van der Waals surface area contributed by atoms with Crippen LogP contribution in [0.5, 0.6) is 0 Å². The van der Waals surface area contributed by atoms with E-state index in [0.29, 0.717) is 42.0 Å². The van der Waals surface area contributed by atoms with E-state index in [-0.39, 0.29) is 11.6 Å². The minimum Gasteiger partial charge on any atom is -0.477 e. The van der Waals surface area contributed by atoms with Crippen LogP contribution in [0.1, 0.15) is 74.4 Å². The van der Waals surface area contributed by atoms with Crippen LogP contribution in [0.3, 0.4) is 0 Å². The van der Waals surface area contributed by atoms with Crippen molar-refractivity contribution in [1.82, 2.24) is 9.97 Å². The number of rotatable bonds is 7. The van der Waals surface area contributed by atoms with E-state index >= 15 is 0 Å². The van der Waals surface area contributed by atoms with Crippen molar-refractivity contribution < 1.29 is 45.8 Å². The summed E-state index contributed by atoms with van der Waals surface area (Å²) >= 11 is 1.34. The van der Waals surface area contributed by atoms with Gasteiger partial charge in [0, 0.05) is 0 Å². The first kappa shape index (κ1) is 27.8. The molecule has 0 atom stereocenters. The summed E-state index contributed by atoms with van der Waals surface area (Å²) in [5.74, 6) is -2.54. The number of ether oxygens (including phenoxy) is 1. The Hall–Kier alpha value is -2.22. The van der Waals surface area contributed by atoms with E-state index in [2.05, 4.69) is 14.7 Å². The lowest BCUT2D eigenvalue weighted by atomic mass is 10.3. The Kier molecular flexibility index (Phi) is 10.1. The molecule has 2 aromatic rings. The molecule has 0 saturated heterocycles. The summed E-state index contributed by atoms with van der Waals surface area (Å²) in [5.41, 5.74) is -2.42. The zero-order valence-electron chi connectivity index (χ0n) is 17.2. The number of carbonyl (C=O) groups is 2. The smallest absolute Gasteiger partial charge is 0.435 e. The van der Waals surface area contributed by atoms with Gasteiger partial charge in [0.2, 0.25) is 0 Å². The molecule has 14 heteroatoms. The van der Waals surface area contributed by atoms with E-state index in [1.807, 2.05) is 6.92 Å². The van der Waals surface area contributed by atoms with E-state index in [9.17, 15) is 35.9 Å². The zero-order valence-corrected chi connectivity index (χ0v) is 18.8. The van der Waals surface area contributed by atoms with Crippen molar-refractivity contribution >= 4 is 34.6 Å². The Morgan fingerprint density at radius 2 is 1.25 bits per heavy atom. The minimum atomic E-state index is -4.70. The van der Waals surface area contributed by atoms with Crippen LogP contribution < -0.4 is 0 Å². The van der Waals surface area contributed by atoms with Crippen LogP contribution >= 0.6 is 22.7 Å². The minimum absolute atomic E-state index is 0.0388. The molecule has 0 amide bonds. The zero-order chi connectivity index (χ0) is 24.7. The van der Waals surface area contributed by atoms with Gasteiger partial charge >= 0.3 is 24.3 Å². The number of alkyl halides is 6. The highest BCUT2D eigenvalue weighted by molar-refractivity contribution is 7.14. The molecule has 0 saturated carbocycles. The van der Waals surface area contributed by atoms with Crippen molar-refractivity contribution in [2.75, 3.05) is 6.61 Å². The fraction of sp³-hybridized carbons (Fsp3) is 0.556. The standard InChI is InChI=1S/C10H12F3NO2S.C8H8F3NO2S/c1-3-5-6-14-8(10(11,12)13)7(17-6)9(15)16-4-2;1-2-3-4-12-6(8(9,10)11)5(15-4)7(13)14/h3-5H2,1-2H3;2-3H2,1H3,(H,13,14). The molecule has 0 fully saturated rings. The number of carboxylic acid groups (broad SMARTS) is 1. The van der Waals surface area contributed by atoms with Gasteiger partial charge in [-0.2, -0.15) is 26.3 Å². The van der Waals surface area contributed by atoms with Gasteiger partial charge in [-0.05, 0) is 32.6 Å². The number of esters is 1. The third-order valence-electron chi connectivity index (χ3n) is 3.46. The number of carboxylic acids is 1.